The largest absolute Gasteiger partial charge is 0.389 e. The zero-order valence-corrected chi connectivity index (χ0v) is 12.4. The van der Waals surface area contributed by atoms with Crippen molar-refractivity contribution < 1.29 is 13.5 Å². The molecule has 112 valence electrons. The molecule has 20 heavy (non-hydrogen) atoms. The smallest absolute Gasteiger partial charge is 0.182 e. The highest BCUT2D eigenvalue weighted by Gasteiger charge is 2.14. The van der Waals surface area contributed by atoms with Gasteiger partial charge in [0.05, 0.1) is 18.9 Å². The summed E-state index contributed by atoms with van der Waals surface area (Å²) < 4.78 is 32.7. The fraction of sp³-hybridized carbons (Fsp3) is 0.462. The Morgan fingerprint density at radius 3 is 2.60 bits per heavy atom. The molecular formula is C13H19F2N3OS. The molecule has 1 rings (SSSR count). The minimum absolute atomic E-state index is 0.0682. The number of benzene rings is 1. The monoisotopic (exact) mass is 303 g/mol. The highest BCUT2D eigenvalue weighted by atomic mass is 32.1. The number of ether oxygens (including phenoxy) is 1. The Labute approximate surface area is 122 Å². The second kappa shape index (κ2) is 8.08. The van der Waals surface area contributed by atoms with Gasteiger partial charge in [0.2, 0.25) is 0 Å². The van der Waals surface area contributed by atoms with Crippen molar-refractivity contribution in [3.05, 3.63) is 29.3 Å². The maximum atomic E-state index is 13.7. The van der Waals surface area contributed by atoms with Crippen LogP contribution < -0.4 is 11.1 Å². The molecule has 0 amide bonds. The van der Waals surface area contributed by atoms with Crippen LogP contribution in [-0.2, 0) is 4.74 Å². The van der Waals surface area contributed by atoms with Gasteiger partial charge in [-0.15, -0.1) is 0 Å². The van der Waals surface area contributed by atoms with E-state index in [4.69, 9.17) is 10.5 Å². The predicted octanol–water partition coefficient (Wildman–Crippen LogP) is 1.59. The van der Waals surface area contributed by atoms with Crippen molar-refractivity contribution in [3.8, 4) is 0 Å². The number of likely N-dealkylation sites (N-methyl/N-ethyl adjacent to an activating group) is 1. The lowest BCUT2D eigenvalue weighted by molar-refractivity contribution is 0.126. The Kier molecular flexibility index (Phi) is 6.77. The van der Waals surface area contributed by atoms with Crippen molar-refractivity contribution in [3.63, 3.8) is 0 Å². The van der Waals surface area contributed by atoms with E-state index < -0.39 is 11.6 Å². The molecule has 0 aliphatic rings. The maximum Gasteiger partial charge on any atom is 0.182 e. The number of hydrogen-bond acceptors (Lipinski definition) is 4. The molecule has 0 aliphatic heterocycles. The molecule has 0 fully saturated rings. The first-order chi connectivity index (χ1) is 9.43. The normalized spacial score (nSPS) is 10.8. The number of thiocarbonyl (C=S) groups is 1. The molecule has 0 bridgehead atoms. The molecule has 1 aromatic carbocycles. The van der Waals surface area contributed by atoms with Gasteiger partial charge in [-0.25, -0.2) is 8.78 Å². The minimum atomic E-state index is -1.03. The van der Waals surface area contributed by atoms with Gasteiger partial charge in [-0.3, -0.25) is 0 Å². The topological polar surface area (TPSA) is 50.5 Å². The molecule has 0 saturated heterocycles. The molecule has 7 heteroatoms. The summed E-state index contributed by atoms with van der Waals surface area (Å²) in [6.07, 6.45) is 0. The summed E-state index contributed by atoms with van der Waals surface area (Å²) in [5, 5.41) is 2.77. The summed E-state index contributed by atoms with van der Waals surface area (Å²) >= 11 is 4.64. The summed E-state index contributed by atoms with van der Waals surface area (Å²) in [4.78, 5) is 1.83. The molecule has 3 N–H and O–H groups in total. The van der Waals surface area contributed by atoms with Crippen LogP contribution >= 0.6 is 12.2 Å². The maximum absolute atomic E-state index is 13.7. The van der Waals surface area contributed by atoms with Crippen LogP contribution in [0.15, 0.2) is 12.1 Å². The first-order valence-corrected chi connectivity index (χ1v) is 6.58. The van der Waals surface area contributed by atoms with Crippen LogP contribution in [0.4, 0.5) is 14.5 Å². The fourth-order valence-corrected chi connectivity index (χ4v) is 1.64. The van der Waals surface area contributed by atoms with Gasteiger partial charge in [-0.2, -0.15) is 0 Å². The Morgan fingerprint density at radius 1 is 1.30 bits per heavy atom. The first-order valence-electron chi connectivity index (χ1n) is 6.17. The number of nitrogens with two attached hydrogens (primary N) is 1. The Bertz CT molecular complexity index is 469. The van der Waals surface area contributed by atoms with Gasteiger partial charge in [0.15, 0.2) is 11.6 Å². The third kappa shape index (κ3) is 4.99. The lowest BCUT2D eigenvalue weighted by atomic mass is 10.2. The Balaban J connectivity index is 2.45. The zero-order chi connectivity index (χ0) is 15.1. The molecule has 0 radical (unpaired) electrons. The molecule has 0 saturated carbocycles. The number of hydrogen-bond donors (Lipinski definition) is 2. The van der Waals surface area contributed by atoms with E-state index >= 15 is 0 Å². The number of nitrogens with zero attached hydrogens (tertiary/aromatic N) is 1. The van der Waals surface area contributed by atoms with Gasteiger partial charge in [-0.05, 0) is 26.2 Å². The summed E-state index contributed by atoms with van der Waals surface area (Å²) in [6.45, 7) is 2.19. The SMILES string of the molecule is CN(C)CCOCCNc1ccc(C(N)=S)c(F)c1F. The van der Waals surface area contributed by atoms with E-state index in [1.54, 1.807) is 0 Å². The van der Waals surface area contributed by atoms with Crippen molar-refractivity contribution in [1.82, 2.24) is 4.90 Å². The standard InChI is InChI=1S/C13H19F2N3OS/c1-18(2)6-8-19-7-5-17-10-4-3-9(13(16)20)11(14)12(10)15/h3-4,17H,5-8H2,1-2H3,(H2,16,20). The molecule has 4 nitrogen and oxygen atoms in total. The van der Waals surface area contributed by atoms with Gasteiger partial charge in [-0.1, -0.05) is 12.2 Å². The molecule has 0 atom stereocenters. The summed E-state index contributed by atoms with van der Waals surface area (Å²) in [5.74, 6) is -2.01. The molecular weight excluding hydrogens is 284 g/mol. The lowest BCUT2D eigenvalue weighted by Crippen LogP contribution is -2.20. The van der Waals surface area contributed by atoms with Crippen LogP contribution in [0, 0.1) is 11.6 Å². The van der Waals surface area contributed by atoms with E-state index in [-0.39, 0.29) is 16.2 Å². The average Bonchev–Trinajstić information content (AvgIpc) is 2.37. The predicted molar refractivity (Wildman–Crippen MR) is 80.1 cm³/mol. The molecule has 1 aromatic rings. The number of halogens is 2. The average molecular weight is 303 g/mol. The summed E-state index contributed by atoms with van der Waals surface area (Å²) in [7, 11) is 3.90. The molecule has 0 aromatic heterocycles. The molecule has 0 spiro atoms. The van der Waals surface area contributed by atoms with Gasteiger partial charge < -0.3 is 20.7 Å². The van der Waals surface area contributed by atoms with Gasteiger partial charge in [0.1, 0.15) is 4.99 Å². The minimum Gasteiger partial charge on any atom is -0.389 e. The number of anilines is 1. The van der Waals surface area contributed by atoms with Crippen molar-refractivity contribution in [1.29, 1.82) is 0 Å². The van der Waals surface area contributed by atoms with Crippen LogP contribution in [0.3, 0.4) is 0 Å². The number of rotatable bonds is 8. The summed E-state index contributed by atoms with van der Waals surface area (Å²) in [5.41, 5.74) is 5.27. The lowest BCUT2D eigenvalue weighted by Gasteiger charge is -2.12. The number of nitrogens with one attached hydrogen (secondary N) is 1. The van der Waals surface area contributed by atoms with Crippen molar-refractivity contribution >= 4 is 22.9 Å². The molecule has 0 unspecified atom stereocenters. The first kappa shape index (κ1) is 16.7. The van der Waals surface area contributed by atoms with E-state index in [1.165, 1.54) is 12.1 Å². The van der Waals surface area contributed by atoms with E-state index in [0.29, 0.717) is 19.8 Å². The Hall–Kier alpha value is -1.31. The van der Waals surface area contributed by atoms with Crippen molar-refractivity contribution in [2.24, 2.45) is 5.73 Å². The summed E-state index contributed by atoms with van der Waals surface area (Å²) in [6, 6.07) is 2.77. The highest BCUT2D eigenvalue weighted by molar-refractivity contribution is 7.80. The third-order valence-electron chi connectivity index (χ3n) is 2.59. The van der Waals surface area contributed by atoms with Gasteiger partial charge in [0, 0.05) is 18.7 Å². The van der Waals surface area contributed by atoms with E-state index in [0.717, 1.165) is 6.54 Å². The second-order valence-electron chi connectivity index (χ2n) is 4.50. The van der Waals surface area contributed by atoms with Gasteiger partial charge >= 0.3 is 0 Å². The van der Waals surface area contributed by atoms with Crippen LogP contribution in [0.25, 0.3) is 0 Å². The molecule has 0 heterocycles. The van der Waals surface area contributed by atoms with E-state index in [1.807, 2.05) is 19.0 Å². The second-order valence-corrected chi connectivity index (χ2v) is 4.94. The third-order valence-corrected chi connectivity index (χ3v) is 2.81. The van der Waals surface area contributed by atoms with Crippen LogP contribution in [0.1, 0.15) is 5.56 Å². The van der Waals surface area contributed by atoms with Crippen molar-refractivity contribution in [2.75, 3.05) is 45.7 Å². The quantitative estimate of drug-likeness (QED) is 0.564. The van der Waals surface area contributed by atoms with Crippen LogP contribution in [-0.4, -0.2) is 50.3 Å². The van der Waals surface area contributed by atoms with Crippen LogP contribution in [0.2, 0.25) is 0 Å². The van der Waals surface area contributed by atoms with Gasteiger partial charge in [0.25, 0.3) is 0 Å². The molecule has 0 aliphatic carbocycles. The fourth-order valence-electron chi connectivity index (χ4n) is 1.48. The highest BCUT2D eigenvalue weighted by Crippen LogP contribution is 2.20. The van der Waals surface area contributed by atoms with E-state index in [2.05, 4.69) is 17.5 Å². The Morgan fingerprint density at radius 2 is 2.00 bits per heavy atom. The zero-order valence-electron chi connectivity index (χ0n) is 11.6. The van der Waals surface area contributed by atoms with Crippen molar-refractivity contribution in [2.45, 2.75) is 0 Å². The van der Waals surface area contributed by atoms with Crippen LogP contribution in [0.5, 0.6) is 0 Å². The van der Waals surface area contributed by atoms with E-state index in [9.17, 15) is 8.78 Å².